The summed E-state index contributed by atoms with van der Waals surface area (Å²) >= 11 is 23.2. The van der Waals surface area contributed by atoms with Crippen LogP contribution in [0.4, 0.5) is 0 Å². The van der Waals surface area contributed by atoms with Crippen LogP contribution in [0.3, 0.4) is 0 Å². The Bertz CT molecular complexity index is 660. The number of ketones is 1. The summed E-state index contributed by atoms with van der Waals surface area (Å²) in [5.74, 6) is -1.27. The lowest BCUT2D eigenvalue weighted by atomic mass is 10.1. The second kappa shape index (κ2) is 6.10. The van der Waals surface area contributed by atoms with Gasteiger partial charge in [-0.2, -0.15) is 0 Å². The summed E-state index contributed by atoms with van der Waals surface area (Å²) in [5.41, 5.74) is 0.231. The molecule has 0 saturated heterocycles. The van der Waals surface area contributed by atoms with Crippen molar-refractivity contribution in [3.05, 3.63) is 56.0 Å². The van der Waals surface area contributed by atoms with Crippen molar-refractivity contribution in [2.45, 2.75) is 0 Å². The number of halogens is 4. The van der Waals surface area contributed by atoms with Crippen molar-refractivity contribution in [2.24, 2.45) is 4.99 Å². The van der Waals surface area contributed by atoms with Crippen molar-refractivity contribution in [1.82, 2.24) is 0 Å². The van der Waals surface area contributed by atoms with Gasteiger partial charge in [0.15, 0.2) is 0 Å². The summed E-state index contributed by atoms with van der Waals surface area (Å²) in [6.45, 7) is 0. The van der Waals surface area contributed by atoms with Crippen LogP contribution in [0.1, 0.15) is 10.4 Å². The summed E-state index contributed by atoms with van der Waals surface area (Å²) < 4.78 is 0. The SMILES string of the molecule is O=C1C(Cl)=C(Cl)C(=NC(=O)c2ccccc2)C(Cl)=C1Cl. The smallest absolute Gasteiger partial charge is 0.277 e. The number of hydrogen-bond acceptors (Lipinski definition) is 2. The summed E-state index contributed by atoms with van der Waals surface area (Å²) in [6, 6.07) is 8.30. The van der Waals surface area contributed by atoms with E-state index in [0.717, 1.165) is 0 Å². The Morgan fingerprint density at radius 1 is 0.850 bits per heavy atom. The maximum atomic E-state index is 12.0. The quantitative estimate of drug-likeness (QED) is 0.713. The predicted octanol–water partition coefficient (Wildman–Crippen LogP) is 4.23. The van der Waals surface area contributed by atoms with Crippen molar-refractivity contribution in [2.75, 3.05) is 0 Å². The lowest BCUT2D eigenvalue weighted by molar-refractivity contribution is -0.111. The standard InChI is InChI=1S/C13H5Cl4NO2/c14-7-9(16)12(19)10(17)8(15)11(7)18-13(20)6-4-2-1-3-5-6/h1-5H. The van der Waals surface area contributed by atoms with E-state index in [0.29, 0.717) is 5.56 Å². The van der Waals surface area contributed by atoms with Gasteiger partial charge in [0.1, 0.15) is 15.8 Å². The van der Waals surface area contributed by atoms with Gasteiger partial charge in [-0.1, -0.05) is 64.6 Å². The first kappa shape index (κ1) is 15.3. The molecule has 2 rings (SSSR count). The first-order valence-electron chi connectivity index (χ1n) is 5.27. The first-order valence-corrected chi connectivity index (χ1v) is 6.78. The van der Waals surface area contributed by atoms with Gasteiger partial charge < -0.3 is 0 Å². The van der Waals surface area contributed by atoms with Crippen LogP contribution in [0.2, 0.25) is 0 Å². The molecule has 1 aliphatic rings. The normalized spacial score (nSPS) is 15.8. The minimum Gasteiger partial charge on any atom is -0.286 e. The van der Waals surface area contributed by atoms with Gasteiger partial charge in [0.2, 0.25) is 5.78 Å². The van der Waals surface area contributed by atoms with Gasteiger partial charge >= 0.3 is 0 Å². The molecule has 20 heavy (non-hydrogen) atoms. The van der Waals surface area contributed by atoms with E-state index in [9.17, 15) is 9.59 Å². The zero-order valence-corrected chi connectivity index (χ0v) is 12.7. The molecule has 0 heterocycles. The van der Waals surface area contributed by atoms with Gasteiger partial charge in [-0.3, -0.25) is 9.59 Å². The van der Waals surface area contributed by atoms with E-state index in [4.69, 9.17) is 46.4 Å². The second-order valence-corrected chi connectivity index (χ2v) is 5.23. The molecule has 1 aliphatic carbocycles. The largest absolute Gasteiger partial charge is 0.286 e. The molecule has 1 aromatic carbocycles. The minimum atomic E-state index is -0.700. The molecular formula is C13H5Cl4NO2. The van der Waals surface area contributed by atoms with Gasteiger partial charge in [-0.15, -0.1) is 0 Å². The van der Waals surface area contributed by atoms with Gasteiger partial charge in [-0.25, -0.2) is 4.99 Å². The van der Waals surface area contributed by atoms with Gasteiger partial charge in [0.05, 0.1) is 10.1 Å². The van der Waals surface area contributed by atoms with Crippen molar-refractivity contribution < 1.29 is 9.59 Å². The van der Waals surface area contributed by atoms with Crippen molar-refractivity contribution in [3.63, 3.8) is 0 Å². The highest BCUT2D eigenvalue weighted by molar-refractivity contribution is 6.70. The number of carbonyl (C=O) groups excluding carboxylic acids is 2. The van der Waals surface area contributed by atoms with Crippen molar-refractivity contribution in [3.8, 4) is 0 Å². The third-order valence-corrected chi connectivity index (χ3v) is 4.08. The van der Waals surface area contributed by atoms with E-state index in [1.807, 2.05) is 0 Å². The lowest BCUT2D eigenvalue weighted by Crippen LogP contribution is -2.17. The van der Waals surface area contributed by atoms with Crippen LogP contribution in [0.15, 0.2) is 55.5 Å². The Kier molecular flexibility index (Phi) is 4.66. The number of benzene rings is 1. The fraction of sp³-hybridized carbons (Fsp3) is 0. The lowest BCUT2D eigenvalue weighted by Gasteiger charge is -2.13. The van der Waals surface area contributed by atoms with Crippen LogP contribution >= 0.6 is 46.4 Å². The molecule has 0 aliphatic heterocycles. The molecule has 0 spiro atoms. The molecule has 0 unspecified atom stereocenters. The number of aliphatic imine (C=N–C) groups is 1. The predicted molar refractivity (Wildman–Crippen MR) is 80.7 cm³/mol. The number of allylic oxidation sites excluding steroid dienone is 4. The Morgan fingerprint density at radius 2 is 1.35 bits per heavy atom. The molecule has 0 atom stereocenters. The molecule has 0 bridgehead atoms. The summed E-state index contributed by atoms with van der Waals surface area (Å²) in [7, 11) is 0. The highest BCUT2D eigenvalue weighted by Crippen LogP contribution is 2.34. The van der Waals surface area contributed by atoms with E-state index in [1.54, 1.807) is 30.3 Å². The van der Waals surface area contributed by atoms with Crippen LogP contribution in [0, 0.1) is 0 Å². The van der Waals surface area contributed by atoms with Crippen molar-refractivity contribution in [1.29, 1.82) is 0 Å². The number of amides is 1. The first-order chi connectivity index (χ1) is 9.43. The molecule has 1 amide bonds. The molecule has 102 valence electrons. The van der Waals surface area contributed by atoms with Gasteiger partial charge in [0, 0.05) is 5.56 Å². The fourth-order valence-electron chi connectivity index (χ4n) is 1.44. The van der Waals surface area contributed by atoms with Gasteiger partial charge in [0.25, 0.3) is 5.91 Å². The van der Waals surface area contributed by atoms with Crippen LogP contribution in [0.25, 0.3) is 0 Å². The van der Waals surface area contributed by atoms with Crippen LogP contribution in [-0.4, -0.2) is 17.4 Å². The molecular weight excluding hydrogens is 344 g/mol. The summed E-state index contributed by atoms with van der Waals surface area (Å²) in [4.78, 5) is 27.3. The topological polar surface area (TPSA) is 46.5 Å². The van der Waals surface area contributed by atoms with Crippen LogP contribution < -0.4 is 0 Å². The second-order valence-electron chi connectivity index (χ2n) is 3.72. The van der Waals surface area contributed by atoms with E-state index < -0.39 is 11.7 Å². The maximum Gasteiger partial charge on any atom is 0.277 e. The Balaban J connectivity index is 2.49. The van der Waals surface area contributed by atoms with Crippen molar-refractivity contribution >= 4 is 63.8 Å². The van der Waals surface area contributed by atoms with Gasteiger partial charge in [-0.05, 0) is 12.1 Å². The molecule has 3 nitrogen and oxygen atoms in total. The molecule has 0 N–H and O–H groups in total. The highest BCUT2D eigenvalue weighted by Gasteiger charge is 2.30. The molecule has 0 fully saturated rings. The Hall–Kier alpha value is -1.13. The summed E-state index contributed by atoms with van der Waals surface area (Å²) in [6.07, 6.45) is 0. The van der Waals surface area contributed by atoms with E-state index in [-0.39, 0.29) is 25.8 Å². The maximum absolute atomic E-state index is 12.0. The minimum absolute atomic E-state index is 0.114. The average Bonchev–Trinajstić information content (AvgIpc) is 2.48. The van der Waals surface area contributed by atoms with E-state index in [2.05, 4.69) is 4.99 Å². The monoisotopic (exact) mass is 347 g/mol. The zero-order chi connectivity index (χ0) is 14.9. The number of hydrogen-bond donors (Lipinski definition) is 0. The van der Waals surface area contributed by atoms with Crippen LogP contribution in [0.5, 0.6) is 0 Å². The number of nitrogens with zero attached hydrogens (tertiary/aromatic N) is 1. The molecule has 1 aromatic rings. The molecule has 0 radical (unpaired) electrons. The van der Waals surface area contributed by atoms with E-state index in [1.165, 1.54) is 0 Å². The fourth-order valence-corrected chi connectivity index (χ4v) is 2.35. The number of rotatable bonds is 1. The zero-order valence-electron chi connectivity index (χ0n) is 9.66. The molecule has 0 saturated carbocycles. The molecule has 0 aromatic heterocycles. The Labute approximate surface area is 134 Å². The Morgan fingerprint density at radius 3 is 1.85 bits per heavy atom. The number of carbonyl (C=O) groups is 2. The van der Waals surface area contributed by atoms with E-state index >= 15 is 0 Å². The van der Waals surface area contributed by atoms with Crippen LogP contribution in [-0.2, 0) is 4.79 Å². The average molecular weight is 349 g/mol. The summed E-state index contributed by atoms with van der Waals surface area (Å²) in [5, 5.41) is -1.04. The third-order valence-electron chi connectivity index (χ3n) is 2.43. The third kappa shape index (κ3) is 2.81. The number of Topliss-reactive ketones (excluding diaryl/α,β-unsaturated/α-hetero) is 1. The molecule has 7 heteroatoms. The highest BCUT2D eigenvalue weighted by atomic mass is 35.5.